The molecular weight excluding hydrogens is 370 g/mol. The van der Waals surface area contributed by atoms with Crippen molar-refractivity contribution in [3.63, 3.8) is 0 Å². The Bertz CT molecular complexity index is 676. The minimum Gasteiger partial charge on any atom is -0.494 e. The van der Waals surface area contributed by atoms with E-state index in [0.29, 0.717) is 6.61 Å². The maximum absolute atomic E-state index is 8.76. The Morgan fingerprint density at radius 1 is 0.700 bits per heavy atom. The molecule has 2 N–H and O–H groups in total. The Labute approximate surface area is 183 Å². The van der Waals surface area contributed by atoms with Crippen molar-refractivity contribution in [1.82, 2.24) is 0 Å². The summed E-state index contributed by atoms with van der Waals surface area (Å²) in [6.45, 7) is 6.27. The van der Waals surface area contributed by atoms with Gasteiger partial charge in [-0.2, -0.15) is 0 Å². The second-order valence-electron chi connectivity index (χ2n) is 8.48. The lowest BCUT2D eigenvalue weighted by atomic mass is 10.1. The lowest BCUT2D eigenvalue weighted by molar-refractivity contribution is 0.282. The summed E-state index contributed by atoms with van der Waals surface area (Å²) in [5.41, 5.74) is 5.06. The van der Waals surface area contributed by atoms with Gasteiger partial charge in [0.05, 0.1) is 6.61 Å². The highest BCUT2D eigenvalue weighted by atomic mass is 16.5. The van der Waals surface area contributed by atoms with Crippen LogP contribution in [-0.4, -0.2) is 18.3 Å². The van der Waals surface area contributed by atoms with Crippen LogP contribution in [0.2, 0.25) is 0 Å². The van der Waals surface area contributed by atoms with Gasteiger partial charge in [0.25, 0.3) is 0 Å². The third kappa shape index (κ3) is 10.7. The molecule has 2 aromatic carbocycles. The average molecular weight is 412 g/mol. The van der Waals surface area contributed by atoms with E-state index in [1.54, 1.807) is 0 Å². The van der Waals surface area contributed by atoms with Crippen LogP contribution < -0.4 is 10.1 Å². The molecule has 2 aromatic rings. The second kappa shape index (κ2) is 14.9. The van der Waals surface area contributed by atoms with Crippen molar-refractivity contribution in [2.24, 2.45) is 0 Å². The van der Waals surface area contributed by atoms with E-state index in [0.717, 1.165) is 37.4 Å². The average Bonchev–Trinajstić information content (AvgIpc) is 2.73. The zero-order valence-corrected chi connectivity index (χ0v) is 19.1. The molecule has 0 spiro atoms. The number of anilines is 1. The summed E-state index contributed by atoms with van der Waals surface area (Å²) in [7, 11) is 0. The smallest absolute Gasteiger partial charge is 0.119 e. The van der Waals surface area contributed by atoms with Crippen molar-refractivity contribution in [2.75, 3.05) is 18.5 Å². The predicted octanol–water partition coefficient (Wildman–Crippen LogP) is 7.19. The second-order valence-corrected chi connectivity index (χ2v) is 8.48. The molecular formula is C27H41NO2. The molecule has 0 bridgehead atoms. The van der Waals surface area contributed by atoms with E-state index >= 15 is 0 Å². The van der Waals surface area contributed by atoms with Gasteiger partial charge in [0.15, 0.2) is 0 Å². The van der Waals surface area contributed by atoms with Gasteiger partial charge in [-0.05, 0) is 56.5 Å². The van der Waals surface area contributed by atoms with Gasteiger partial charge in [0.1, 0.15) is 5.75 Å². The summed E-state index contributed by atoms with van der Waals surface area (Å²) in [4.78, 5) is 0. The number of aliphatic hydroxyl groups is 1. The molecule has 166 valence electrons. The van der Waals surface area contributed by atoms with E-state index < -0.39 is 0 Å². The first-order valence-corrected chi connectivity index (χ1v) is 11.8. The van der Waals surface area contributed by atoms with Gasteiger partial charge < -0.3 is 15.2 Å². The van der Waals surface area contributed by atoms with E-state index in [4.69, 9.17) is 9.84 Å². The first kappa shape index (κ1) is 24.3. The standard InChI is InChI=1S/C27H41NO2/c1-23-19-24(2)21-25(20-23)22-28-26-13-15-27(16-14-26)30-18-12-10-8-6-4-3-5-7-9-11-17-29/h13-16,19-21,28-29H,3-12,17-18,22H2,1-2H3. The molecule has 0 heterocycles. The Morgan fingerprint density at radius 2 is 1.23 bits per heavy atom. The molecule has 0 radical (unpaired) electrons. The van der Waals surface area contributed by atoms with E-state index in [9.17, 15) is 0 Å². The number of unbranched alkanes of at least 4 members (excludes halogenated alkanes) is 9. The molecule has 0 unspecified atom stereocenters. The number of aliphatic hydroxyl groups excluding tert-OH is 1. The van der Waals surface area contributed by atoms with E-state index in [1.165, 1.54) is 68.1 Å². The predicted molar refractivity (Wildman–Crippen MR) is 128 cm³/mol. The van der Waals surface area contributed by atoms with Crippen LogP contribution in [0.25, 0.3) is 0 Å². The lowest BCUT2D eigenvalue weighted by Gasteiger charge is -2.10. The van der Waals surface area contributed by atoms with Crippen molar-refractivity contribution in [3.8, 4) is 5.75 Å². The highest BCUT2D eigenvalue weighted by molar-refractivity contribution is 5.47. The molecule has 0 saturated heterocycles. The largest absolute Gasteiger partial charge is 0.494 e. The fraction of sp³-hybridized carbons (Fsp3) is 0.556. The molecule has 0 aromatic heterocycles. The topological polar surface area (TPSA) is 41.5 Å². The summed E-state index contributed by atoms with van der Waals surface area (Å²) in [5.74, 6) is 0.954. The molecule has 0 fully saturated rings. The van der Waals surface area contributed by atoms with Crippen LogP contribution in [0, 0.1) is 13.8 Å². The van der Waals surface area contributed by atoms with Crippen molar-refractivity contribution in [3.05, 3.63) is 59.2 Å². The fourth-order valence-corrected chi connectivity index (χ4v) is 3.86. The fourth-order valence-electron chi connectivity index (χ4n) is 3.86. The summed E-state index contributed by atoms with van der Waals surface area (Å²) >= 11 is 0. The highest BCUT2D eigenvalue weighted by Gasteiger charge is 1.99. The van der Waals surface area contributed by atoms with Crippen molar-refractivity contribution >= 4 is 5.69 Å². The number of rotatable bonds is 16. The number of hydrogen-bond acceptors (Lipinski definition) is 3. The first-order valence-electron chi connectivity index (χ1n) is 11.8. The quantitative estimate of drug-likeness (QED) is 0.287. The Morgan fingerprint density at radius 3 is 1.80 bits per heavy atom. The number of aryl methyl sites for hydroxylation is 2. The normalized spacial score (nSPS) is 10.9. The van der Waals surface area contributed by atoms with Crippen LogP contribution in [0.5, 0.6) is 5.75 Å². The van der Waals surface area contributed by atoms with Crippen molar-refractivity contribution in [2.45, 2.75) is 84.6 Å². The van der Waals surface area contributed by atoms with Gasteiger partial charge in [-0.15, -0.1) is 0 Å². The van der Waals surface area contributed by atoms with Crippen LogP contribution in [0.4, 0.5) is 5.69 Å². The maximum atomic E-state index is 8.76. The Hall–Kier alpha value is -2.00. The number of hydrogen-bond donors (Lipinski definition) is 2. The zero-order chi connectivity index (χ0) is 21.4. The van der Waals surface area contributed by atoms with Crippen LogP contribution in [-0.2, 0) is 6.54 Å². The first-order chi connectivity index (χ1) is 14.7. The molecule has 3 nitrogen and oxygen atoms in total. The summed E-state index contributed by atoms with van der Waals surface area (Å²) in [5, 5.41) is 12.2. The van der Waals surface area contributed by atoms with E-state index in [1.807, 2.05) is 0 Å². The highest BCUT2D eigenvalue weighted by Crippen LogP contribution is 2.18. The van der Waals surface area contributed by atoms with Crippen molar-refractivity contribution < 1.29 is 9.84 Å². The number of nitrogens with one attached hydrogen (secondary N) is 1. The Balaban J connectivity index is 1.51. The zero-order valence-electron chi connectivity index (χ0n) is 19.1. The van der Waals surface area contributed by atoms with Gasteiger partial charge in [-0.1, -0.05) is 80.7 Å². The number of ether oxygens (including phenoxy) is 1. The molecule has 3 heteroatoms. The van der Waals surface area contributed by atoms with Crippen LogP contribution >= 0.6 is 0 Å². The van der Waals surface area contributed by atoms with Gasteiger partial charge in [0.2, 0.25) is 0 Å². The third-order valence-electron chi connectivity index (χ3n) is 5.45. The van der Waals surface area contributed by atoms with Crippen LogP contribution in [0.15, 0.2) is 42.5 Å². The minimum atomic E-state index is 0.344. The summed E-state index contributed by atoms with van der Waals surface area (Å²) in [6, 6.07) is 15.0. The summed E-state index contributed by atoms with van der Waals surface area (Å²) in [6.07, 6.45) is 12.4. The lowest BCUT2D eigenvalue weighted by Crippen LogP contribution is -2.01. The van der Waals surface area contributed by atoms with Gasteiger partial charge in [-0.25, -0.2) is 0 Å². The molecule has 2 rings (SSSR count). The molecule has 0 aliphatic heterocycles. The number of benzene rings is 2. The van der Waals surface area contributed by atoms with Crippen molar-refractivity contribution in [1.29, 1.82) is 0 Å². The van der Waals surface area contributed by atoms with Gasteiger partial charge in [0, 0.05) is 18.8 Å². The molecule has 30 heavy (non-hydrogen) atoms. The third-order valence-corrected chi connectivity index (χ3v) is 5.45. The molecule has 0 saturated carbocycles. The molecule has 0 aliphatic rings. The van der Waals surface area contributed by atoms with E-state index in [-0.39, 0.29) is 0 Å². The van der Waals surface area contributed by atoms with Gasteiger partial charge in [-0.3, -0.25) is 0 Å². The maximum Gasteiger partial charge on any atom is 0.119 e. The molecule has 0 amide bonds. The minimum absolute atomic E-state index is 0.344. The summed E-state index contributed by atoms with van der Waals surface area (Å²) < 4.78 is 5.89. The molecule has 0 atom stereocenters. The van der Waals surface area contributed by atoms with Gasteiger partial charge >= 0.3 is 0 Å². The van der Waals surface area contributed by atoms with Crippen LogP contribution in [0.1, 0.15) is 80.9 Å². The monoisotopic (exact) mass is 411 g/mol. The van der Waals surface area contributed by atoms with Crippen LogP contribution in [0.3, 0.4) is 0 Å². The SMILES string of the molecule is Cc1cc(C)cc(CNc2ccc(OCCCCCCCCCCCCO)cc2)c1. The molecule has 0 aliphatic carbocycles. The Kier molecular flexibility index (Phi) is 12.1. The van der Waals surface area contributed by atoms with E-state index in [2.05, 4.69) is 61.6 Å².